The molecule has 0 radical (unpaired) electrons. The van der Waals surface area contributed by atoms with Crippen LogP contribution in [0.3, 0.4) is 0 Å². The van der Waals surface area contributed by atoms with E-state index in [1.165, 1.54) is 82.3 Å². The summed E-state index contributed by atoms with van der Waals surface area (Å²) >= 11 is 1.48. The molecule has 2 aliphatic carbocycles. The Bertz CT molecular complexity index is 1890. The van der Waals surface area contributed by atoms with E-state index in [9.17, 15) is 0 Å². The average Bonchev–Trinajstić information content (AvgIpc) is 3.60. The SMILES string of the molecule is CC(C)c1c(C(C)C)c(C(C)C)c2c(c1C1=CC=CC1)=[C]([Zr+2])c1cccc(=C(c3ccccc3)c3ccccc3)c1=2.[Cl-].[Cl-]. The fourth-order valence-electron chi connectivity index (χ4n) is 7.17. The molecule has 0 saturated heterocycles. The van der Waals surface area contributed by atoms with Crippen LogP contribution in [0, 0.1) is 10.4 Å². The Kier molecular flexibility index (Phi) is 10.6. The molecule has 0 aromatic heterocycles. The number of hydrogen-bond acceptors (Lipinski definition) is 0. The summed E-state index contributed by atoms with van der Waals surface area (Å²) in [5.41, 5.74) is 13.0. The average molecular weight is 682 g/mol. The molecule has 4 aromatic rings. The predicted octanol–water partition coefficient (Wildman–Crippen LogP) is 2.96. The van der Waals surface area contributed by atoms with Gasteiger partial charge in [0.25, 0.3) is 0 Å². The summed E-state index contributed by atoms with van der Waals surface area (Å²) < 4.78 is 1.51. The van der Waals surface area contributed by atoms with E-state index in [-0.39, 0.29) is 24.8 Å². The standard InChI is InChI=1S/C40H39.2ClH.Zr/c1-25(2)34-35(26(3)4)38(30-20-13-14-21-30)33-24-31-22-15-23-32(39(31)40(33)36(34)27(5)6)37(28-16-9-7-10-17-28)29-18-11-8-12-19-29;;;/h7-20,22-23,25-27H,21H2,1-6H3;2*1H;/q;;;+2/p-2. The van der Waals surface area contributed by atoms with Crippen molar-refractivity contribution in [2.24, 2.45) is 0 Å². The van der Waals surface area contributed by atoms with Crippen molar-refractivity contribution in [1.82, 2.24) is 0 Å². The van der Waals surface area contributed by atoms with Crippen molar-refractivity contribution >= 4 is 14.4 Å². The Morgan fingerprint density at radius 2 is 1.16 bits per heavy atom. The summed E-state index contributed by atoms with van der Waals surface area (Å²) in [7, 11) is 0. The van der Waals surface area contributed by atoms with Crippen molar-refractivity contribution in [1.29, 1.82) is 0 Å². The van der Waals surface area contributed by atoms with Crippen LogP contribution in [0.2, 0.25) is 0 Å². The topological polar surface area (TPSA) is 0 Å². The third-order valence-corrected chi connectivity index (χ3v) is 9.95. The van der Waals surface area contributed by atoms with Crippen LogP contribution in [0.1, 0.15) is 105 Å². The minimum Gasteiger partial charge on any atom is -1.00 e. The first-order chi connectivity index (χ1) is 19.8. The van der Waals surface area contributed by atoms with Gasteiger partial charge in [0, 0.05) is 0 Å². The predicted molar refractivity (Wildman–Crippen MR) is 171 cm³/mol. The summed E-state index contributed by atoms with van der Waals surface area (Å²) in [6, 6.07) is 29.0. The van der Waals surface area contributed by atoms with Gasteiger partial charge < -0.3 is 24.8 Å². The van der Waals surface area contributed by atoms with Gasteiger partial charge in [-0.25, -0.2) is 0 Å². The number of fused-ring (bicyclic) bond motifs is 2. The molecular formula is C40H39Cl2Zr. The zero-order valence-corrected chi connectivity index (χ0v) is 29.9. The van der Waals surface area contributed by atoms with E-state index in [4.69, 9.17) is 0 Å². The third kappa shape index (κ3) is 5.75. The van der Waals surface area contributed by atoms with Gasteiger partial charge in [0.05, 0.1) is 0 Å². The number of allylic oxidation sites excluding steroid dienone is 4. The summed E-state index contributed by atoms with van der Waals surface area (Å²) in [5, 5.41) is 5.79. The van der Waals surface area contributed by atoms with Gasteiger partial charge >= 0.3 is 262 Å². The summed E-state index contributed by atoms with van der Waals surface area (Å²) in [4.78, 5) is 0. The van der Waals surface area contributed by atoms with Gasteiger partial charge in [-0.1, -0.05) is 0 Å². The third-order valence-electron chi connectivity index (χ3n) is 8.67. The summed E-state index contributed by atoms with van der Waals surface area (Å²) in [6.07, 6.45) is 7.97. The van der Waals surface area contributed by atoms with Crippen LogP contribution in [-0.2, 0) is 24.7 Å². The van der Waals surface area contributed by atoms with Crippen LogP contribution >= 0.6 is 0 Å². The Hall–Kier alpha value is -2.44. The van der Waals surface area contributed by atoms with Gasteiger partial charge in [-0.2, -0.15) is 0 Å². The first-order valence-corrected chi connectivity index (χ1v) is 16.3. The second-order valence-corrected chi connectivity index (χ2v) is 13.6. The second kappa shape index (κ2) is 13.7. The number of halogens is 2. The van der Waals surface area contributed by atoms with Crippen LogP contribution < -0.4 is 35.3 Å². The Morgan fingerprint density at radius 1 is 0.605 bits per heavy atom. The van der Waals surface area contributed by atoms with E-state index in [0.717, 1.165) is 6.42 Å². The molecule has 3 heteroatoms. The van der Waals surface area contributed by atoms with Crippen molar-refractivity contribution in [3.63, 3.8) is 0 Å². The smallest absolute Gasteiger partial charge is 1.00 e. The molecule has 0 spiro atoms. The maximum Gasteiger partial charge on any atom is -1.00 e. The van der Waals surface area contributed by atoms with E-state index in [2.05, 4.69) is 139 Å². The molecule has 4 aromatic carbocycles. The minimum absolute atomic E-state index is 0. The molecule has 0 heterocycles. The van der Waals surface area contributed by atoms with Crippen LogP contribution in [0.25, 0.3) is 14.4 Å². The molecule has 0 saturated carbocycles. The quantitative estimate of drug-likeness (QED) is 0.294. The minimum atomic E-state index is 0. The van der Waals surface area contributed by atoms with Crippen LogP contribution in [0.5, 0.6) is 0 Å². The van der Waals surface area contributed by atoms with Gasteiger partial charge in [0.2, 0.25) is 0 Å². The molecule has 0 nitrogen and oxygen atoms in total. The number of rotatable bonds is 6. The maximum absolute atomic E-state index is 2.41. The molecule has 0 fully saturated rings. The molecule has 0 N–H and O–H groups in total. The molecule has 0 atom stereocenters. The van der Waals surface area contributed by atoms with Gasteiger partial charge in [0.1, 0.15) is 0 Å². The Balaban J connectivity index is 0.00000212. The first-order valence-electron chi connectivity index (χ1n) is 15.1. The monoisotopic (exact) mass is 679 g/mol. The van der Waals surface area contributed by atoms with Crippen molar-refractivity contribution in [3.8, 4) is 0 Å². The Morgan fingerprint density at radius 3 is 1.65 bits per heavy atom. The molecule has 6 rings (SSSR count). The first kappa shape index (κ1) is 33.5. The molecule has 0 unspecified atom stereocenters. The van der Waals surface area contributed by atoms with Gasteiger partial charge in [-0.15, -0.1) is 0 Å². The van der Waals surface area contributed by atoms with Crippen molar-refractivity contribution < 1.29 is 49.5 Å². The molecular weight excluding hydrogens is 643 g/mol. The van der Waals surface area contributed by atoms with Crippen molar-refractivity contribution in [3.05, 3.63) is 157 Å². The second-order valence-electron chi connectivity index (χ2n) is 12.4. The van der Waals surface area contributed by atoms with E-state index >= 15 is 0 Å². The van der Waals surface area contributed by atoms with E-state index in [1.54, 1.807) is 16.7 Å². The normalized spacial score (nSPS) is 13.2. The molecule has 2 aliphatic rings. The fraction of sp³-hybridized carbons (Fsp3) is 0.250. The van der Waals surface area contributed by atoms with Gasteiger partial charge in [-0.3, -0.25) is 0 Å². The zero-order chi connectivity index (χ0) is 28.8. The van der Waals surface area contributed by atoms with Gasteiger partial charge in [-0.05, 0) is 0 Å². The Labute approximate surface area is 284 Å². The van der Waals surface area contributed by atoms with E-state index in [1.807, 2.05) is 0 Å². The molecule has 0 bridgehead atoms. The van der Waals surface area contributed by atoms with Crippen LogP contribution in [-0.4, -0.2) is 0 Å². The van der Waals surface area contributed by atoms with Crippen molar-refractivity contribution in [2.45, 2.75) is 65.7 Å². The maximum atomic E-state index is 2.41. The molecule has 0 amide bonds. The van der Waals surface area contributed by atoms with Crippen LogP contribution in [0.15, 0.2) is 97.1 Å². The van der Waals surface area contributed by atoms with Crippen molar-refractivity contribution in [2.75, 3.05) is 0 Å². The van der Waals surface area contributed by atoms with E-state index in [0.29, 0.717) is 17.8 Å². The molecule has 43 heavy (non-hydrogen) atoms. The molecule has 217 valence electrons. The summed E-state index contributed by atoms with van der Waals surface area (Å²) in [6.45, 7) is 14.4. The van der Waals surface area contributed by atoms with E-state index < -0.39 is 0 Å². The van der Waals surface area contributed by atoms with Crippen LogP contribution in [0.4, 0.5) is 0 Å². The zero-order valence-electron chi connectivity index (χ0n) is 25.9. The number of hydrogen-bond donors (Lipinski definition) is 0. The fourth-order valence-corrected chi connectivity index (χ4v) is 8.29. The largest absolute Gasteiger partial charge is 1.00 e. The number of benzene rings is 4. The molecule has 0 aliphatic heterocycles. The van der Waals surface area contributed by atoms with Gasteiger partial charge in [0.15, 0.2) is 0 Å². The summed E-state index contributed by atoms with van der Waals surface area (Å²) in [5.74, 6) is 1.32.